The van der Waals surface area contributed by atoms with Crippen LogP contribution in [0.25, 0.3) is 0 Å². The van der Waals surface area contributed by atoms with Gasteiger partial charge in [0.25, 0.3) is 0 Å². The Balaban J connectivity index is 4.97. The van der Waals surface area contributed by atoms with Gasteiger partial charge in [-0.15, -0.1) is 0 Å². The molecule has 0 spiro atoms. The van der Waals surface area contributed by atoms with Crippen molar-refractivity contribution in [3.63, 3.8) is 0 Å². The molecule has 0 bridgehead atoms. The van der Waals surface area contributed by atoms with Gasteiger partial charge in [-0.05, 0) is 0 Å². The first-order chi connectivity index (χ1) is 7.12. The van der Waals surface area contributed by atoms with Crippen LogP contribution in [-0.4, -0.2) is 31.8 Å². The summed E-state index contributed by atoms with van der Waals surface area (Å²) < 4.78 is 6.22. The molecule has 0 N–H and O–H groups in total. The summed E-state index contributed by atoms with van der Waals surface area (Å²) in [6.07, 6.45) is 10.5. The first-order valence-corrected chi connectivity index (χ1v) is 9.58. The fourth-order valence-electron chi connectivity index (χ4n) is 3.30. The average Bonchev–Trinajstić information content (AvgIpc) is 2.20. The van der Waals surface area contributed by atoms with Crippen molar-refractivity contribution in [1.82, 2.24) is 0 Å². The molecule has 0 atom stereocenters. The minimum atomic E-state index is -1.79. The van der Waals surface area contributed by atoms with Crippen LogP contribution in [0.15, 0.2) is 0 Å². The Morgan fingerprint density at radius 1 is 0.667 bits per heavy atom. The predicted molar refractivity (Wildman–Crippen MR) is 74.6 cm³/mol. The molecule has 0 heterocycles. The van der Waals surface area contributed by atoms with Gasteiger partial charge in [0.05, 0.1) is 0 Å². The third-order valence-corrected chi connectivity index (χ3v) is 11.0. The van der Waals surface area contributed by atoms with Gasteiger partial charge >= 0.3 is 96.5 Å². The van der Waals surface area contributed by atoms with Gasteiger partial charge < -0.3 is 0 Å². The molecule has 0 aliphatic rings. The van der Waals surface area contributed by atoms with E-state index in [1.807, 2.05) is 7.11 Å². The molecule has 0 aromatic carbocycles. The van der Waals surface area contributed by atoms with E-state index in [0.29, 0.717) is 0 Å². The van der Waals surface area contributed by atoms with Crippen LogP contribution in [0.4, 0.5) is 0 Å². The van der Waals surface area contributed by atoms with E-state index in [0.717, 1.165) is 0 Å². The van der Waals surface area contributed by atoms with Crippen molar-refractivity contribution in [1.29, 1.82) is 0 Å². The Kier molecular flexibility index (Phi) is 7.04. The molecule has 1 nitrogen and oxygen atoms in total. The fourth-order valence-corrected chi connectivity index (χ4v) is 9.90. The van der Waals surface area contributed by atoms with Crippen LogP contribution in [-0.2, 0) is 4.52 Å². The van der Waals surface area contributed by atoms with Crippen LogP contribution >= 0.6 is 6.83 Å². The SMILES string of the molecule is CCCP(CCC)(CCC)(CCC)OC. The van der Waals surface area contributed by atoms with Crippen LogP contribution in [0.5, 0.6) is 0 Å². The Labute approximate surface area is 97.0 Å². The summed E-state index contributed by atoms with van der Waals surface area (Å²) in [7, 11) is 1.98. The first kappa shape index (κ1) is 15.4. The maximum atomic E-state index is 6.22. The second-order valence-corrected chi connectivity index (χ2v) is 10.8. The van der Waals surface area contributed by atoms with E-state index in [9.17, 15) is 0 Å². The first-order valence-electron chi connectivity index (χ1n) is 6.68. The number of hydrogen-bond donors (Lipinski definition) is 0. The summed E-state index contributed by atoms with van der Waals surface area (Å²) in [6.45, 7) is 7.43. The van der Waals surface area contributed by atoms with Crippen LogP contribution in [0.3, 0.4) is 0 Å². The average molecular weight is 234 g/mol. The van der Waals surface area contributed by atoms with Gasteiger partial charge in [0.15, 0.2) is 0 Å². The second-order valence-electron chi connectivity index (χ2n) is 4.94. The summed E-state index contributed by atoms with van der Waals surface area (Å²) in [5, 5.41) is 0. The molecule has 0 amide bonds. The van der Waals surface area contributed by atoms with E-state index in [1.54, 1.807) is 0 Å². The van der Waals surface area contributed by atoms with Gasteiger partial charge in [-0.25, -0.2) is 0 Å². The van der Waals surface area contributed by atoms with E-state index in [-0.39, 0.29) is 0 Å². The molecule has 94 valence electrons. The molecule has 2 heteroatoms. The summed E-state index contributed by atoms with van der Waals surface area (Å²) in [5.74, 6) is 0. The Hall–Kier alpha value is 0.390. The summed E-state index contributed by atoms with van der Waals surface area (Å²) in [4.78, 5) is 0. The Morgan fingerprint density at radius 2 is 0.933 bits per heavy atom. The Bertz CT molecular complexity index is 132. The maximum absolute atomic E-state index is 6.22. The minimum absolute atomic E-state index is 1.28. The molecule has 0 rings (SSSR count). The zero-order valence-electron chi connectivity index (χ0n) is 11.5. The zero-order valence-corrected chi connectivity index (χ0v) is 12.4. The van der Waals surface area contributed by atoms with E-state index < -0.39 is 6.83 Å². The summed E-state index contributed by atoms with van der Waals surface area (Å²) in [5.41, 5.74) is 0. The van der Waals surface area contributed by atoms with E-state index in [1.165, 1.54) is 50.3 Å². The van der Waals surface area contributed by atoms with E-state index in [4.69, 9.17) is 4.52 Å². The van der Waals surface area contributed by atoms with Crippen LogP contribution in [0, 0.1) is 0 Å². The molecule has 0 unspecified atom stereocenters. The molecule has 0 aliphatic heterocycles. The predicted octanol–water partition coefficient (Wildman–Crippen LogP) is 4.74. The van der Waals surface area contributed by atoms with Crippen molar-refractivity contribution in [2.75, 3.05) is 31.8 Å². The molecular weight excluding hydrogens is 203 g/mol. The van der Waals surface area contributed by atoms with Crippen molar-refractivity contribution in [3.8, 4) is 0 Å². The molecule has 0 aliphatic carbocycles. The molecule has 0 aromatic heterocycles. The van der Waals surface area contributed by atoms with Crippen molar-refractivity contribution < 1.29 is 4.52 Å². The standard InChI is InChI=1S/C13H31OP/c1-6-10-15(14-5,11-7-2,12-8-3)13-9-4/h6-13H2,1-5H3. The van der Waals surface area contributed by atoms with Gasteiger partial charge in [-0.1, -0.05) is 0 Å². The van der Waals surface area contributed by atoms with Crippen LogP contribution in [0.2, 0.25) is 0 Å². The van der Waals surface area contributed by atoms with Gasteiger partial charge in [0.1, 0.15) is 0 Å². The normalized spacial score (nSPS) is 14.9. The molecule has 0 aromatic rings. The third kappa shape index (κ3) is 3.71. The van der Waals surface area contributed by atoms with Crippen molar-refractivity contribution >= 4 is 6.83 Å². The monoisotopic (exact) mass is 234 g/mol. The van der Waals surface area contributed by atoms with Crippen LogP contribution in [0.1, 0.15) is 53.4 Å². The molecule has 0 saturated carbocycles. The second kappa shape index (κ2) is 6.86. The van der Waals surface area contributed by atoms with E-state index in [2.05, 4.69) is 27.7 Å². The molecule has 15 heavy (non-hydrogen) atoms. The Morgan fingerprint density at radius 3 is 1.07 bits per heavy atom. The number of hydrogen-bond acceptors (Lipinski definition) is 1. The van der Waals surface area contributed by atoms with Crippen LogP contribution < -0.4 is 0 Å². The van der Waals surface area contributed by atoms with E-state index >= 15 is 0 Å². The van der Waals surface area contributed by atoms with Crippen molar-refractivity contribution in [2.45, 2.75) is 53.4 Å². The zero-order chi connectivity index (χ0) is 11.8. The fraction of sp³-hybridized carbons (Fsp3) is 1.00. The van der Waals surface area contributed by atoms with Gasteiger partial charge in [-0.3, -0.25) is 0 Å². The van der Waals surface area contributed by atoms with Gasteiger partial charge in [0.2, 0.25) is 0 Å². The van der Waals surface area contributed by atoms with Crippen molar-refractivity contribution in [2.24, 2.45) is 0 Å². The molecule has 0 fully saturated rings. The summed E-state index contributed by atoms with van der Waals surface area (Å²) in [6, 6.07) is 0. The molecular formula is C13H31OP. The third-order valence-electron chi connectivity index (χ3n) is 3.67. The topological polar surface area (TPSA) is 9.23 Å². The van der Waals surface area contributed by atoms with Gasteiger partial charge in [0, 0.05) is 0 Å². The van der Waals surface area contributed by atoms with Gasteiger partial charge in [-0.2, -0.15) is 0 Å². The quantitative estimate of drug-likeness (QED) is 0.523. The summed E-state index contributed by atoms with van der Waals surface area (Å²) >= 11 is 0. The molecule has 0 radical (unpaired) electrons. The number of rotatable bonds is 9. The van der Waals surface area contributed by atoms with Crippen molar-refractivity contribution in [3.05, 3.63) is 0 Å². The molecule has 0 saturated heterocycles.